The smallest absolute Gasteiger partial charge is 0.255 e. The number of nitrogens with zero attached hydrogens (tertiary/aromatic N) is 2. The van der Waals surface area contributed by atoms with Crippen molar-refractivity contribution in [2.24, 2.45) is 5.73 Å². The number of hydrogen-bond donors (Lipinski definition) is 2. The van der Waals surface area contributed by atoms with Crippen LogP contribution in [0.1, 0.15) is 29.8 Å². The molecule has 0 aliphatic rings. The number of aliphatic hydroxyl groups excluding tert-OH is 1. The van der Waals surface area contributed by atoms with Crippen molar-refractivity contribution >= 4 is 0 Å². The van der Waals surface area contributed by atoms with Crippen LogP contribution in [-0.4, -0.2) is 36.0 Å². The van der Waals surface area contributed by atoms with E-state index in [4.69, 9.17) is 19.7 Å². The molecule has 0 bridgehead atoms. The van der Waals surface area contributed by atoms with Gasteiger partial charge in [-0.15, -0.1) is 0 Å². The summed E-state index contributed by atoms with van der Waals surface area (Å²) in [6, 6.07) is 5.57. The molecule has 0 fully saturated rings. The van der Waals surface area contributed by atoms with Crippen molar-refractivity contribution in [1.82, 2.24) is 10.1 Å². The molecule has 2 aromatic rings. The number of rotatable bonds is 7. The molecular formula is C14H19N3O4. The van der Waals surface area contributed by atoms with Gasteiger partial charge in [0.2, 0.25) is 0 Å². The van der Waals surface area contributed by atoms with E-state index in [1.165, 1.54) is 0 Å². The maximum atomic E-state index is 9.74. The van der Waals surface area contributed by atoms with Crippen molar-refractivity contribution < 1.29 is 19.1 Å². The largest absolute Gasteiger partial charge is 0.493 e. The summed E-state index contributed by atoms with van der Waals surface area (Å²) >= 11 is 0. The van der Waals surface area contributed by atoms with Crippen molar-refractivity contribution in [3.05, 3.63) is 35.5 Å². The van der Waals surface area contributed by atoms with Gasteiger partial charge in [-0.1, -0.05) is 11.2 Å². The molecule has 1 unspecified atom stereocenters. The Morgan fingerprint density at radius 1 is 1.29 bits per heavy atom. The SMILES string of the molecule is COc1ccc(Cc2noc(C(O)CCN)n2)cc1OC. The fourth-order valence-electron chi connectivity index (χ4n) is 1.93. The molecule has 0 spiro atoms. The summed E-state index contributed by atoms with van der Waals surface area (Å²) in [6.07, 6.45) is 0.0404. The third-order valence-electron chi connectivity index (χ3n) is 3.02. The summed E-state index contributed by atoms with van der Waals surface area (Å²) in [5, 5.41) is 13.6. The summed E-state index contributed by atoms with van der Waals surface area (Å²) in [5.41, 5.74) is 6.33. The molecule has 0 amide bonds. The first-order valence-electron chi connectivity index (χ1n) is 6.59. The molecule has 21 heavy (non-hydrogen) atoms. The van der Waals surface area contributed by atoms with Gasteiger partial charge in [0.25, 0.3) is 5.89 Å². The molecular weight excluding hydrogens is 274 g/mol. The van der Waals surface area contributed by atoms with E-state index in [2.05, 4.69) is 10.1 Å². The molecule has 1 atom stereocenters. The number of benzene rings is 1. The summed E-state index contributed by atoms with van der Waals surface area (Å²) in [5.74, 6) is 1.99. The van der Waals surface area contributed by atoms with Gasteiger partial charge in [-0.25, -0.2) is 0 Å². The topological polar surface area (TPSA) is 104 Å². The van der Waals surface area contributed by atoms with Crippen LogP contribution in [0.5, 0.6) is 11.5 Å². The second kappa shape index (κ2) is 7.05. The van der Waals surface area contributed by atoms with Crippen LogP contribution in [0.3, 0.4) is 0 Å². The average Bonchev–Trinajstić information content (AvgIpc) is 2.96. The van der Waals surface area contributed by atoms with Gasteiger partial charge in [0, 0.05) is 6.42 Å². The highest BCUT2D eigenvalue weighted by Gasteiger charge is 2.16. The van der Waals surface area contributed by atoms with Crippen molar-refractivity contribution in [1.29, 1.82) is 0 Å². The minimum absolute atomic E-state index is 0.191. The Labute approximate surface area is 122 Å². The van der Waals surface area contributed by atoms with Gasteiger partial charge in [-0.3, -0.25) is 0 Å². The molecule has 7 nitrogen and oxygen atoms in total. The first kappa shape index (κ1) is 15.3. The van der Waals surface area contributed by atoms with Crippen molar-refractivity contribution in [3.8, 4) is 11.5 Å². The Balaban J connectivity index is 2.11. The lowest BCUT2D eigenvalue weighted by Gasteiger charge is -2.08. The molecule has 0 aliphatic heterocycles. The Hall–Kier alpha value is -2.12. The van der Waals surface area contributed by atoms with Crippen LogP contribution in [-0.2, 0) is 6.42 Å². The Morgan fingerprint density at radius 3 is 2.71 bits per heavy atom. The zero-order valence-electron chi connectivity index (χ0n) is 12.1. The van der Waals surface area contributed by atoms with E-state index in [0.29, 0.717) is 36.7 Å². The fraction of sp³-hybridized carbons (Fsp3) is 0.429. The van der Waals surface area contributed by atoms with Crippen LogP contribution in [0.25, 0.3) is 0 Å². The highest BCUT2D eigenvalue weighted by Crippen LogP contribution is 2.28. The highest BCUT2D eigenvalue weighted by molar-refractivity contribution is 5.43. The van der Waals surface area contributed by atoms with Crippen LogP contribution in [0.15, 0.2) is 22.7 Å². The maximum absolute atomic E-state index is 9.74. The normalized spacial score (nSPS) is 12.2. The van der Waals surface area contributed by atoms with Gasteiger partial charge in [-0.2, -0.15) is 4.98 Å². The predicted molar refractivity (Wildman–Crippen MR) is 75.3 cm³/mol. The summed E-state index contributed by atoms with van der Waals surface area (Å²) < 4.78 is 15.5. The van der Waals surface area contributed by atoms with Crippen LogP contribution < -0.4 is 15.2 Å². The Bertz CT molecular complexity index is 585. The molecule has 7 heteroatoms. The second-order valence-electron chi connectivity index (χ2n) is 4.51. The van der Waals surface area contributed by atoms with E-state index in [0.717, 1.165) is 5.56 Å². The third kappa shape index (κ3) is 3.71. The molecule has 114 valence electrons. The van der Waals surface area contributed by atoms with E-state index < -0.39 is 6.10 Å². The molecule has 1 heterocycles. The molecule has 0 saturated heterocycles. The molecule has 0 radical (unpaired) electrons. The van der Waals surface area contributed by atoms with Crippen molar-refractivity contribution in [2.75, 3.05) is 20.8 Å². The quantitative estimate of drug-likeness (QED) is 0.786. The van der Waals surface area contributed by atoms with Gasteiger partial charge in [-0.05, 0) is 30.7 Å². The second-order valence-corrected chi connectivity index (χ2v) is 4.51. The van der Waals surface area contributed by atoms with Gasteiger partial charge < -0.3 is 24.8 Å². The minimum atomic E-state index is -0.818. The van der Waals surface area contributed by atoms with Gasteiger partial charge in [0.15, 0.2) is 17.3 Å². The number of methoxy groups -OCH3 is 2. The standard InChI is InChI=1S/C14H19N3O4/c1-19-11-4-3-9(7-12(11)20-2)8-13-16-14(21-17-13)10(18)5-6-15/h3-4,7,10,18H,5-6,8,15H2,1-2H3. The molecule has 1 aromatic carbocycles. The van der Waals surface area contributed by atoms with E-state index in [1.807, 2.05) is 18.2 Å². The third-order valence-corrected chi connectivity index (χ3v) is 3.02. The highest BCUT2D eigenvalue weighted by atomic mass is 16.5. The lowest BCUT2D eigenvalue weighted by atomic mass is 10.1. The van der Waals surface area contributed by atoms with E-state index in [9.17, 15) is 5.11 Å². The molecule has 3 N–H and O–H groups in total. The minimum Gasteiger partial charge on any atom is -0.493 e. The first-order valence-corrected chi connectivity index (χ1v) is 6.59. The van der Waals surface area contributed by atoms with Gasteiger partial charge >= 0.3 is 0 Å². The summed E-state index contributed by atoms with van der Waals surface area (Å²) in [4.78, 5) is 4.17. The predicted octanol–water partition coefficient (Wildman–Crippen LogP) is 1.06. The number of hydrogen-bond acceptors (Lipinski definition) is 7. The van der Waals surface area contributed by atoms with E-state index >= 15 is 0 Å². The number of aromatic nitrogens is 2. The Morgan fingerprint density at radius 2 is 2.05 bits per heavy atom. The molecule has 2 rings (SSSR count). The van der Waals surface area contributed by atoms with Crippen molar-refractivity contribution in [2.45, 2.75) is 18.9 Å². The number of nitrogens with two attached hydrogens (primary N) is 1. The number of aliphatic hydroxyl groups is 1. The van der Waals surface area contributed by atoms with Crippen molar-refractivity contribution in [3.63, 3.8) is 0 Å². The lowest BCUT2D eigenvalue weighted by molar-refractivity contribution is 0.127. The zero-order valence-corrected chi connectivity index (χ0v) is 12.1. The number of ether oxygens (including phenoxy) is 2. The molecule has 0 saturated carbocycles. The maximum Gasteiger partial charge on any atom is 0.255 e. The fourth-order valence-corrected chi connectivity index (χ4v) is 1.93. The summed E-state index contributed by atoms with van der Waals surface area (Å²) in [7, 11) is 3.17. The monoisotopic (exact) mass is 293 g/mol. The van der Waals surface area contributed by atoms with Gasteiger partial charge in [0.05, 0.1) is 14.2 Å². The van der Waals surface area contributed by atoms with E-state index in [-0.39, 0.29) is 5.89 Å². The van der Waals surface area contributed by atoms with Crippen LogP contribution in [0.4, 0.5) is 0 Å². The van der Waals surface area contributed by atoms with Crippen LogP contribution >= 0.6 is 0 Å². The first-order chi connectivity index (χ1) is 10.2. The van der Waals surface area contributed by atoms with Gasteiger partial charge in [0.1, 0.15) is 6.10 Å². The summed E-state index contributed by atoms with van der Waals surface area (Å²) in [6.45, 7) is 0.356. The van der Waals surface area contributed by atoms with E-state index in [1.54, 1.807) is 14.2 Å². The average molecular weight is 293 g/mol. The zero-order chi connectivity index (χ0) is 15.2. The van der Waals surface area contributed by atoms with Crippen LogP contribution in [0.2, 0.25) is 0 Å². The Kier molecular flexibility index (Phi) is 5.13. The molecule has 1 aromatic heterocycles. The van der Waals surface area contributed by atoms with Crippen LogP contribution in [0, 0.1) is 0 Å². The molecule has 0 aliphatic carbocycles. The lowest BCUT2D eigenvalue weighted by Crippen LogP contribution is -2.07.